The predicted molar refractivity (Wildman–Crippen MR) is 200 cm³/mol. The summed E-state index contributed by atoms with van der Waals surface area (Å²) in [5, 5.41) is 12.2. The Bertz CT molecular complexity index is 2790. The van der Waals surface area contributed by atoms with E-state index in [1.807, 2.05) is 6.07 Å². The summed E-state index contributed by atoms with van der Waals surface area (Å²) in [5.74, 6) is 0. The largest absolute Gasteiger partial charge is 0.455 e. The average Bonchev–Trinajstić information content (AvgIpc) is 3.53. The summed E-state index contributed by atoms with van der Waals surface area (Å²) in [6.45, 7) is 0. The minimum Gasteiger partial charge on any atom is -0.455 e. The molecule has 0 saturated carbocycles. The third-order valence-corrected chi connectivity index (χ3v) is 9.85. The van der Waals surface area contributed by atoms with Crippen LogP contribution in [0.4, 0.5) is 0 Å². The lowest BCUT2D eigenvalue weighted by Crippen LogP contribution is -1.92. The number of hydrogen-bond donors (Lipinski definition) is 0. The molecule has 47 heavy (non-hydrogen) atoms. The molecule has 0 radical (unpaired) electrons. The van der Waals surface area contributed by atoms with E-state index in [9.17, 15) is 0 Å². The second kappa shape index (κ2) is 10.2. The van der Waals surface area contributed by atoms with Crippen LogP contribution in [0.3, 0.4) is 0 Å². The van der Waals surface area contributed by atoms with E-state index in [4.69, 9.17) is 4.42 Å². The summed E-state index contributed by atoms with van der Waals surface area (Å²) in [7, 11) is 0. The Kier molecular flexibility index (Phi) is 5.64. The van der Waals surface area contributed by atoms with Crippen LogP contribution in [-0.4, -0.2) is 0 Å². The summed E-state index contributed by atoms with van der Waals surface area (Å²) < 4.78 is 6.42. The van der Waals surface area contributed by atoms with Gasteiger partial charge >= 0.3 is 0 Å². The van der Waals surface area contributed by atoms with Gasteiger partial charge in [-0.3, -0.25) is 0 Å². The molecule has 0 unspecified atom stereocenters. The Balaban J connectivity index is 1.23. The van der Waals surface area contributed by atoms with E-state index < -0.39 is 0 Å². The van der Waals surface area contributed by atoms with Gasteiger partial charge in [-0.05, 0) is 89.3 Å². The van der Waals surface area contributed by atoms with Gasteiger partial charge in [-0.15, -0.1) is 0 Å². The van der Waals surface area contributed by atoms with E-state index in [0.717, 1.165) is 27.3 Å². The van der Waals surface area contributed by atoms with Gasteiger partial charge in [0.15, 0.2) is 0 Å². The van der Waals surface area contributed by atoms with Crippen LogP contribution in [0.15, 0.2) is 174 Å². The SMILES string of the molecule is c1cc(-c2c3ccccc3c(-c3cccc4ccccc34)c3ccccc23)cc(-c2cccc3c2ccc2c4ccccc4oc32)c1. The molecular formula is C46H28O. The van der Waals surface area contributed by atoms with Gasteiger partial charge in [0.05, 0.1) is 0 Å². The van der Waals surface area contributed by atoms with E-state index in [1.165, 1.54) is 71.1 Å². The van der Waals surface area contributed by atoms with E-state index >= 15 is 0 Å². The monoisotopic (exact) mass is 596 g/mol. The van der Waals surface area contributed by atoms with E-state index in [-0.39, 0.29) is 0 Å². The van der Waals surface area contributed by atoms with Crippen molar-refractivity contribution < 1.29 is 4.42 Å². The van der Waals surface area contributed by atoms with Crippen molar-refractivity contribution in [3.63, 3.8) is 0 Å². The number of fused-ring (bicyclic) bond motifs is 8. The van der Waals surface area contributed by atoms with Crippen LogP contribution in [0, 0.1) is 0 Å². The molecule has 218 valence electrons. The highest BCUT2D eigenvalue weighted by Crippen LogP contribution is 2.46. The zero-order chi connectivity index (χ0) is 30.9. The van der Waals surface area contributed by atoms with Gasteiger partial charge in [-0.2, -0.15) is 0 Å². The van der Waals surface area contributed by atoms with Gasteiger partial charge in [-0.1, -0.05) is 152 Å². The molecule has 0 fully saturated rings. The van der Waals surface area contributed by atoms with Crippen molar-refractivity contribution >= 4 is 65.0 Å². The molecule has 0 N–H and O–H groups in total. The van der Waals surface area contributed by atoms with E-state index in [2.05, 4.69) is 164 Å². The van der Waals surface area contributed by atoms with Gasteiger partial charge in [-0.25, -0.2) is 0 Å². The maximum Gasteiger partial charge on any atom is 0.143 e. The van der Waals surface area contributed by atoms with Gasteiger partial charge in [0.1, 0.15) is 11.2 Å². The lowest BCUT2D eigenvalue weighted by molar-refractivity contribution is 0.672. The molecule has 1 heteroatoms. The highest BCUT2D eigenvalue weighted by atomic mass is 16.3. The smallest absolute Gasteiger partial charge is 0.143 e. The molecule has 0 aliphatic rings. The fourth-order valence-electron chi connectivity index (χ4n) is 7.81. The van der Waals surface area contributed by atoms with Crippen molar-refractivity contribution in [3.8, 4) is 33.4 Å². The second-order valence-electron chi connectivity index (χ2n) is 12.4. The molecule has 0 bridgehead atoms. The molecule has 1 nitrogen and oxygen atoms in total. The summed E-state index contributed by atoms with van der Waals surface area (Å²) in [4.78, 5) is 0. The zero-order valence-electron chi connectivity index (χ0n) is 25.6. The van der Waals surface area contributed by atoms with E-state index in [1.54, 1.807) is 0 Å². The van der Waals surface area contributed by atoms with Crippen LogP contribution in [0.2, 0.25) is 0 Å². The lowest BCUT2D eigenvalue weighted by atomic mass is 9.84. The van der Waals surface area contributed by atoms with Crippen LogP contribution in [0.1, 0.15) is 0 Å². The number of benzene rings is 9. The minimum atomic E-state index is 0.924. The molecule has 1 heterocycles. The van der Waals surface area contributed by atoms with Gasteiger partial charge in [0.25, 0.3) is 0 Å². The van der Waals surface area contributed by atoms with Crippen LogP contribution >= 0.6 is 0 Å². The Morgan fingerprint density at radius 3 is 1.60 bits per heavy atom. The van der Waals surface area contributed by atoms with Crippen LogP contribution in [-0.2, 0) is 0 Å². The molecule has 0 spiro atoms. The third-order valence-electron chi connectivity index (χ3n) is 9.85. The van der Waals surface area contributed by atoms with Crippen molar-refractivity contribution in [2.45, 2.75) is 0 Å². The Morgan fingerprint density at radius 2 is 0.809 bits per heavy atom. The van der Waals surface area contributed by atoms with Gasteiger partial charge in [0, 0.05) is 16.2 Å². The molecule has 10 rings (SSSR count). The van der Waals surface area contributed by atoms with Gasteiger partial charge < -0.3 is 4.42 Å². The van der Waals surface area contributed by atoms with Crippen LogP contribution in [0.25, 0.3) is 98.4 Å². The van der Waals surface area contributed by atoms with Gasteiger partial charge in [0.2, 0.25) is 0 Å². The zero-order valence-corrected chi connectivity index (χ0v) is 25.6. The number of furan rings is 1. The van der Waals surface area contributed by atoms with Crippen LogP contribution < -0.4 is 0 Å². The molecule has 0 saturated heterocycles. The summed E-state index contributed by atoms with van der Waals surface area (Å²) in [5.41, 5.74) is 9.29. The first-order valence-corrected chi connectivity index (χ1v) is 16.2. The Morgan fingerprint density at radius 1 is 0.298 bits per heavy atom. The summed E-state index contributed by atoms with van der Waals surface area (Å²) in [6.07, 6.45) is 0. The number of hydrogen-bond acceptors (Lipinski definition) is 1. The fourth-order valence-corrected chi connectivity index (χ4v) is 7.81. The maximum absolute atomic E-state index is 6.42. The van der Waals surface area contributed by atoms with Crippen molar-refractivity contribution in [2.75, 3.05) is 0 Å². The lowest BCUT2D eigenvalue weighted by Gasteiger charge is -2.19. The molecule has 0 atom stereocenters. The summed E-state index contributed by atoms with van der Waals surface area (Å²) in [6, 6.07) is 61.6. The number of rotatable bonds is 3. The fraction of sp³-hybridized carbons (Fsp3) is 0. The Hall–Kier alpha value is -6.18. The third kappa shape index (κ3) is 3.90. The predicted octanol–water partition coefficient (Wildman–Crippen LogP) is 13.2. The van der Waals surface area contributed by atoms with Crippen molar-refractivity contribution in [2.24, 2.45) is 0 Å². The minimum absolute atomic E-state index is 0.924. The quantitative estimate of drug-likeness (QED) is 0.185. The molecular weight excluding hydrogens is 569 g/mol. The highest BCUT2D eigenvalue weighted by Gasteiger charge is 2.19. The maximum atomic E-state index is 6.42. The van der Waals surface area contributed by atoms with Crippen molar-refractivity contribution in [1.82, 2.24) is 0 Å². The molecule has 10 aromatic rings. The molecule has 0 amide bonds. The van der Waals surface area contributed by atoms with E-state index in [0.29, 0.717) is 0 Å². The molecule has 1 aromatic heterocycles. The second-order valence-corrected chi connectivity index (χ2v) is 12.4. The first-order valence-electron chi connectivity index (χ1n) is 16.2. The average molecular weight is 597 g/mol. The normalized spacial score (nSPS) is 11.8. The van der Waals surface area contributed by atoms with Crippen molar-refractivity contribution in [3.05, 3.63) is 170 Å². The highest BCUT2D eigenvalue weighted by molar-refractivity contribution is 6.24. The topological polar surface area (TPSA) is 13.1 Å². The van der Waals surface area contributed by atoms with Crippen molar-refractivity contribution in [1.29, 1.82) is 0 Å². The molecule has 9 aromatic carbocycles. The molecule has 0 aliphatic heterocycles. The standard InChI is InChI=1S/C46H28O/c1-2-16-32-29(12-1)13-10-23-36(32)45-39-20-5-3-18-37(39)44(38-19-4-6-21-40(38)45)31-15-9-14-30(28-31)33-22-11-24-41-34(33)26-27-42-35-17-7-8-25-43(35)47-46(41)42/h1-28H. The summed E-state index contributed by atoms with van der Waals surface area (Å²) >= 11 is 0. The first-order chi connectivity index (χ1) is 23.3. The Labute approximate surface area is 271 Å². The molecule has 0 aliphatic carbocycles. The van der Waals surface area contributed by atoms with Crippen LogP contribution in [0.5, 0.6) is 0 Å². The number of para-hydroxylation sites is 1. The first kappa shape index (κ1) is 26.1.